The fraction of sp³-hybridized carbons (Fsp3) is 0.750. The standard InChI is InChI=1S/C21H35N5.C3H6O2.Mn/c1-3-10-20-18(8-1)22-12-13-23-19-9-2-4-11-21(19)25-15-17-7-5-6-16(26-17)14-24-20;1-2-3(4)5;/h5-7,18-25H,1-4,8-15H2;2H2,1H3,(H,4,5);/t18-,19-,20-,21-;;/m0../s1. The smallest absolute Gasteiger partial charge is 0.303 e. The Morgan fingerprint density at radius 1 is 0.844 bits per heavy atom. The molecule has 0 spiro atoms. The van der Waals surface area contributed by atoms with Crippen LogP contribution in [-0.2, 0) is 35.0 Å². The summed E-state index contributed by atoms with van der Waals surface area (Å²) in [7, 11) is 0. The number of carbonyl (C=O) groups is 1. The monoisotopic (exact) mass is 486 g/mol. The zero-order valence-electron chi connectivity index (χ0n) is 19.4. The van der Waals surface area contributed by atoms with Gasteiger partial charge in [0.2, 0.25) is 0 Å². The number of hydrogen-bond acceptors (Lipinski definition) is 6. The molecule has 2 heterocycles. The molecule has 2 saturated carbocycles. The molecule has 4 rings (SSSR count). The number of hydrogen-bond donors (Lipinski definition) is 5. The molecule has 2 bridgehead atoms. The fourth-order valence-corrected chi connectivity index (χ4v) is 4.95. The molecule has 0 aromatic carbocycles. The Morgan fingerprint density at radius 2 is 1.22 bits per heavy atom. The predicted octanol–water partition coefficient (Wildman–Crippen LogP) is 2.55. The Labute approximate surface area is 203 Å². The number of aliphatic carboxylic acids is 1. The van der Waals surface area contributed by atoms with Gasteiger partial charge in [-0.25, -0.2) is 0 Å². The summed E-state index contributed by atoms with van der Waals surface area (Å²) in [5, 5.41) is 22.9. The van der Waals surface area contributed by atoms with Crippen LogP contribution >= 0.6 is 0 Å². The van der Waals surface area contributed by atoms with Gasteiger partial charge in [0.25, 0.3) is 0 Å². The van der Waals surface area contributed by atoms with Crippen molar-refractivity contribution in [2.24, 2.45) is 0 Å². The van der Waals surface area contributed by atoms with E-state index >= 15 is 0 Å². The Hall–Kier alpha value is -1.02. The van der Waals surface area contributed by atoms with Gasteiger partial charge in [0.1, 0.15) is 0 Å². The molecule has 1 aromatic heterocycles. The van der Waals surface area contributed by atoms with E-state index in [-0.39, 0.29) is 23.5 Å². The van der Waals surface area contributed by atoms with Crippen LogP contribution in [0, 0.1) is 0 Å². The van der Waals surface area contributed by atoms with Crippen LogP contribution in [0.15, 0.2) is 18.2 Å². The summed E-state index contributed by atoms with van der Waals surface area (Å²) in [6.07, 6.45) is 10.7. The van der Waals surface area contributed by atoms with Crippen LogP contribution in [-0.4, -0.2) is 53.3 Å². The first-order chi connectivity index (χ1) is 15.2. The van der Waals surface area contributed by atoms with Crippen molar-refractivity contribution in [3.63, 3.8) is 0 Å². The third-order valence-corrected chi connectivity index (χ3v) is 6.73. The molecule has 1 aliphatic heterocycles. The molecule has 181 valence electrons. The molecule has 8 heteroatoms. The maximum atomic E-state index is 9.37. The molecule has 1 aromatic rings. The summed E-state index contributed by atoms with van der Waals surface area (Å²) in [5.41, 5.74) is 2.34. The zero-order chi connectivity index (χ0) is 21.9. The summed E-state index contributed by atoms with van der Waals surface area (Å²) in [6.45, 7) is 5.49. The van der Waals surface area contributed by atoms with Gasteiger partial charge in [-0.05, 0) is 37.8 Å². The summed E-state index contributed by atoms with van der Waals surface area (Å²) in [6, 6.07) is 8.81. The summed E-state index contributed by atoms with van der Waals surface area (Å²) in [5.74, 6) is -0.745. The van der Waals surface area contributed by atoms with Crippen LogP contribution in [0.5, 0.6) is 0 Å². The number of fused-ring (bicyclic) bond motifs is 4. The summed E-state index contributed by atoms with van der Waals surface area (Å²) < 4.78 is 0. The maximum absolute atomic E-state index is 9.37. The largest absolute Gasteiger partial charge is 0.481 e. The molecule has 32 heavy (non-hydrogen) atoms. The normalized spacial score (nSPS) is 28.8. The van der Waals surface area contributed by atoms with Gasteiger partial charge < -0.3 is 26.4 Å². The average molecular weight is 487 g/mol. The molecule has 0 saturated heterocycles. The van der Waals surface area contributed by atoms with Gasteiger partial charge in [-0.2, -0.15) is 0 Å². The van der Waals surface area contributed by atoms with E-state index < -0.39 is 5.97 Å². The number of carboxylic acid groups (broad SMARTS) is 1. The van der Waals surface area contributed by atoms with Crippen LogP contribution in [0.3, 0.4) is 0 Å². The van der Waals surface area contributed by atoms with Crippen molar-refractivity contribution in [2.75, 3.05) is 13.1 Å². The Kier molecular flexibility index (Phi) is 12.8. The minimum Gasteiger partial charge on any atom is -0.481 e. The Morgan fingerprint density at radius 3 is 1.59 bits per heavy atom. The van der Waals surface area contributed by atoms with E-state index in [4.69, 9.17) is 10.1 Å². The minimum absolute atomic E-state index is 0. The van der Waals surface area contributed by atoms with Crippen molar-refractivity contribution < 1.29 is 27.0 Å². The molecular formula is C24H41MnN5O2. The number of nitrogens with zero attached hydrogens (tertiary/aromatic N) is 1. The van der Waals surface area contributed by atoms with Gasteiger partial charge >= 0.3 is 5.97 Å². The Bertz CT molecular complexity index is 632. The number of aromatic nitrogens is 1. The van der Waals surface area contributed by atoms with Crippen molar-refractivity contribution in [3.05, 3.63) is 29.6 Å². The van der Waals surface area contributed by atoms with E-state index in [1.54, 1.807) is 6.92 Å². The van der Waals surface area contributed by atoms with Gasteiger partial charge in [0.15, 0.2) is 0 Å². The third-order valence-electron chi connectivity index (χ3n) is 6.73. The number of nitrogens with one attached hydrogen (secondary N) is 4. The predicted molar refractivity (Wildman–Crippen MR) is 124 cm³/mol. The van der Waals surface area contributed by atoms with Gasteiger partial charge in [-0.1, -0.05) is 38.7 Å². The maximum Gasteiger partial charge on any atom is 0.303 e. The van der Waals surface area contributed by atoms with E-state index in [2.05, 4.69) is 39.5 Å². The van der Waals surface area contributed by atoms with Crippen molar-refractivity contribution in [2.45, 2.75) is 102 Å². The van der Waals surface area contributed by atoms with Gasteiger partial charge in [0.05, 0.1) is 11.4 Å². The number of rotatable bonds is 1. The van der Waals surface area contributed by atoms with Crippen LogP contribution in [0.2, 0.25) is 0 Å². The van der Waals surface area contributed by atoms with E-state index in [9.17, 15) is 4.79 Å². The van der Waals surface area contributed by atoms with Crippen molar-refractivity contribution >= 4 is 5.97 Å². The van der Waals surface area contributed by atoms with E-state index in [0.717, 1.165) is 26.2 Å². The SMILES string of the molecule is CCC(=O)O.[Mn].c1cc2nc(c1)CN[C@H]1CCCC[C@@H]1NCCN[C@H]1CCCC[C@@H]1NC2. The number of carboxylic acids is 1. The molecule has 7 nitrogen and oxygen atoms in total. The first-order valence-corrected chi connectivity index (χ1v) is 12.3. The second-order valence-electron chi connectivity index (χ2n) is 9.03. The molecule has 4 atom stereocenters. The summed E-state index contributed by atoms with van der Waals surface area (Å²) >= 11 is 0. The quantitative estimate of drug-likeness (QED) is 0.389. The van der Waals surface area contributed by atoms with Crippen LogP contribution in [0.1, 0.15) is 76.1 Å². The van der Waals surface area contributed by atoms with Crippen LogP contribution in [0.4, 0.5) is 0 Å². The van der Waals surface area contributed by atoms with Crippen molar-refractivity contribution in [3.8, 4) is 0 Å². The minimum atomic E-state index is -0.745. The number of pyridine rings is 1. The van der Waals surface area contributed by atoms with Crippen molar-refractivity contribution in [1.29, 1.82) is 0 Å². The molecule has 3 aliphatic rings. The second-order valence-corrected chi connectivity index (χ2v) is 9.03. The zero-order valence-corrected chi connectivity index (χ0v) is 20.6. The fourth-order valence-electron chi connectivity index (χ4n) is 4.95. The average Bonchev–Trinajstić information content (AvgIpc) is 2.81. The molecule has 1 radical (unpaired) electrons. The molecule has 0 unspecified atom stereocenters. The topological polar surface area (TPSA) is 98.3 Å². The molecule has 2 aliphatic carbocycles. The molecule has 2 fully saturated rings. The van der Waals surface area contributed by atoms with E-state index in [0.29, 0.717) is 24.2 Å². The van der Waals surface area contributed by atoms with Gasteiger partial charge in [-0.15, -0.1) is 0 Å². The first kappa shape index (κ1) is 27.2. The second kappa shape index (κ2) is 15.0. The molecule has 5 N–H and O–H groups in total. The molecule has 0 amide bonds. The van der Waals surface area contributed by atoms with Crippen molar-refractivity contribution in [1.82, 2.24) is 26.3 Å². The van der Waals surface area contributed by atoms with Crippen LogP contribution < -0.4 is 21.3 Å². The summed E-state index contributed by atoms with van der Waals surface area (Å²) in [4.78, 5) is 14.3. The Balaban J connectivity index is 0.000000548. The first-order valence-electron chi connectivity index (χ1n) is 12.3. The molecular weight excluding hydrogens is 445 g/mol. The van der Waals surface area contributed by atoms with Crippen LogP contribution in [0.25, 0.3) is 0 Å². The van der Waals surface area contributed by atoms with E-state index in [1.165, 1.54) is 62.8 Å². The van der Waals surface area contributed by atoms with E-state index in [1.807, 2.05) is 0 Å². The van der Waals surface area contributed by atoms with Gasteiger partial charge in [-0.3, -0.25) is 9.78 Å². The third kappa shape index (κ3) is 9.08. The van der Waals surface area contributed by atoms with Gasteiger partial charge in [0, 0.05) is 73.8 Å².